The summed E-state index contributed by atoms with van der Waals surface area (Å²) in [6, 6.07) is 26.7. The maximum absolute atomic E-state index is 3.30. The summed E-state index contributed by atoms with van der Waals surface area (Å²) in [5.74, 6) is 0. The van der Waals surface area contributed by atoms with Gasteiger partial charge in [-0.15, -0.1) is 29.4 Å². The summed E-state index contributed by atoms with van der Waals surface area (Å²) in [7, 11) is 0. The fourth-order valence-electron chi connectivity index (χ4n) is 2.83. The van der Waals surface area contributed by atoms with Crippen molar-refractivity contribution in [3.05, 3.63) is 78.4 Å². The Hall–Kier alpha value is -2.84. The average molecular weight is 581 g/mol. The van der Waals surface area contributed by atoms with E-state index in [1.165, 1.54) is 21.8 Å². The second kappa shape index (κ2) is 6.95. The summed E-state index contributed by atoms with van der Waals surface area (Å²) >= 11 is 6.44. The molecule has 0 aliphatic heterocycles. The topological polar surface area (TPSA) is 4.93 Å². The van der Waals surface area contributed by atoms with E-state index >= 15 is 0 Å². The van der Waals surface area contributed by atoms with Gasteiger partial charge in [0.05, 0.1) is 0 Å². The third kappa shape index (κ3) is 2.77. The summed E-state index contributed by atoms with van der Waals surface area (Å²) in [4.78, 5) is 0. The summed E-state index contributed by atoms with van der Waals surface area (Å²) < 4.78 is 2.31. The van der Waals surface area contributed by atoms with Gasteiger partial charge in [0.1, 0.15) is 0 Å². The molecular weight excluding hydrogens is 565 g/mol. The Balaban J connectivity index is 0.000000617. The molecule has 0 radical (unpaired) electrons. The zero-order valence-electron chi connectivity index (χ0n) is 12.5. The first-order valence-electron chi connectivity index (χ1n) is 7.01. The van der Waals surface area contributed by atoms with E-state index in [0.717, 1.165) is 11.3 Å². The van der Waals surface area contributed by atoms with Gasteiger partial charge in [0, 0.05) is 21.8 Å². The predicted molar refractivity (Wildman–Crippen MR) is 102 cm³/mol. The smallest absolute Gasteiger partial charge is 0.0425 e. The van der Waals surface area contributed by atoms with Crippen LogP contribution in [0, 0.1) is 13.0 Å². The van der Waals surface area contributed by atoms with Crippen LogP contribution in [-0.2, 0) is 0 Å². The van der Waals surface area contributed by atoms with Gasteiger partial charge in [0.15, 0.2) is 0 Å². The molecule has 0 N–H and O–H groups in total. The average Bonchev–Trinajstić information content (AvgIpc) is 2.92. The van der Waals surface area contributed by atoms with Gasteiger partial charge in [-0.1, -0.05) is 49.0 Å². The zero-order chi connectivity index (χ0) is 15.5. The van der Waals surface area contributed by atoms with E-state index in [0.29, 0.717) is 0 Å². The largest absolute Gasteiger partial charge is 0.364 e. The molecule has 0 unspecified atom stereocenters. The van der Waals surface area contributed by atoms with Crippen LogP contribution in [0.15, 0.2) is 66.7 Å². The first-order valence-corrected chi connectivity index (χ1v) is 8.61. The van der Waals surface area contributed by atoms with Crippen LogP contribution in [0.5, 0.6) is 0 Å². The van der Waals surface area contributed by atoms with Crippen molar-refractivity contribution in [2.75, 3.05) is 0 Å². The van der Waals surface area contributed by atoms with Crippen molar-refractivity contribution in [1.29, 1.82) is 0 Å². The van der Waals surface area contributed by atoms with Gasteiger partial charge in [0.2, 0.25) is 0 Å². The molecule has 0 fully saturated rings. The number of hydrogen-bond acceptors (Lipinski definition) is 2. The second-order valence-electron chi connectivity index (χ2n) is 5.10. The Morgan fingerprint density at radius 2 is 1.30 bits per heavy atom. The van der Waals surface area contributed by atoms with E-state index < -0.39 is 0 Å². The first-order chi connectivity index (χ1) is 10.8. The molecule has 1 aromatic heterocycles. The van der Waals surface area contributed by atoms with E-state index in [1.807, 2.05) is 0 Å². The molecule has 0 bridgehead atoms. The number of nitrogens with zero attached hydrogens (tertiary/aromatic N) is 1. The minimum atomic E-state index is 0. The number of benzene rings is 3. The molecule has 1 nitrogen and oxygen atoms in total. The SMILES string of the molecule is Cc1[c-]cc(-n2c3ccccc3c3ccccc32)cc1.SS.[No]. The fourth-order valence-corrected chi connectivity index (χ4v) is 2.83. The summed E-state index contributed by atoms with van der Waals surface area (Å²) in [6.45, 7) is 2.07. The molecule has 23 heavy (non-hydrogen) atoms. The normalized spacial score (nSPS) is 10.0. The van der Waals surface area contributed by atoms with E-state index in [2.05, 4.69) is 108 Å². The molecule has 124 valence electrons. The van der Waals surface area contributed by atoms with Gasteiger partial charge in [-0.25, -0.2) is 0 Å². The third-order valence-electron chi connectivity index (χ3n) is 3.79. The Bertz CT molecular complexity index is 860. The molecule has 0 saturated heterocycles. The first kappa shape index (κ1) is 16.5. The summed E-state index contributed by atoms with van der Waals surface area (Å²) in [5.41, 5.74) is 4.81. The van der Waals surface area contributed by atoms with E-state index in [-0.39, 0.29) is 0 Å². The molecule has 0 aliphatic rings. The molecule has 4 heteroatoms. The van der Waals surface area contributed by atoms with E-state index in [4.69, 9.17) is 0 Å². The van der Waals surface area contributed by atoms with Gasteiger partial charge in [0.25, 0.3) is 0 Å². The zero-order valence-corrected chi connectivity index (χ0v) is 16.5. The van der Waals surface area contributed by atoms with Gasteiger partial charge in [-0.2, -0.15) is 23.8 Å². The molecule has 1 heterocycles. The van der Waals surface area contributed by atoms with Gasteiger partial charge in [-0.05, 0) is 12.1 Å². The van der Waals surface area contributed by atoms with Crippen LogP contribution in [0.4, 0.5) is 0 Å². The van der Waals surface area contributed by atoms with Gasteiger partial charge in [-0.3, -0.25) is 0 Å². The molecular formula is C19H16NNoS2-. The Labute approximate surface area is 140 Å². The van der Waals surface area contributed by atoms with E-state index in [9.17, 15) is 0 Å². The Morgan fingerprint density at radius 3 is 1.78 bits per heavy atom. The van der Waals surface area contributed by atoms with E-state index in [1.54, 1.807) is 0 Å². The minimum absolute atomic E-state index is 0. The van der Waals surface area contributed by atoms with Crippen LogP contribution in [0.25, 0.3) is 27.5 Å². The number of thiol groups is 2. The monoisotopic (exact) mass is 581 g/mol. The number of aryl methyl sites for hydroxylation is 1. The van der Waals surface area contributed by atoms with Crippen molar-refractivity contribution in [2.45, 2.75) is 6.92 Å². The van der Waals surface area contributed by atoms with Gasteiger partial charge < -0.3 is 4.57 Å². The number of rotatable bonds is 1. The van der Waals surface area contributed by atoms with Crippen molar-refractivity contribution in [1.82, 2.24) is 4.57 Å². The number of aromatic nitrogens is 1. The fraction of sp³-hybridized carbons (Fsp3) is 0.0526. The molecule has 4 rings (SSSR count). The number of hydrogen-bond donors (Lipinski definition) is 2. The van der Waals surface area contributed by atoms with Crippen LogP contribution < -0.4 is 0 Å². The summed E-state index contributed by atoms with van der Waals surface area (Å²) in [6.07, 6.45) is 0. The van der Waals surface area contributed by atoms with Crippen molar-refractivity contribution in [3.8, 4) is 5.69 Å². The number of para-hydroxylation sites is 2. The Kier molecular flexibility index (Phi) is 4.99. The molecule has 3 aromatic carbocycles. The molecule has 0 spiro atoms. The van der Waals surface area contributed by atoms with Crippen LogP contribution in [-0.4, -0.2) is 4.57 Å². The van der Waals surface area contributed by atoms with Crippen molar-refractivity contribution in [2.24, 2.45) is 0 Å². The summed E-state index contributed by atoms with van der Waals surface area (Å²) in [5, 5.41) is 2.59. The minimum Gasteiger partial charge on any atom is -0.364 e. The molecule has 0 atom stereocenters. The molecule has 0 aliphatic carbocycles. The van der Waals surface area contributed by atoms with Gasteiger partial charge >= 0.3 is 0 Å². The quantitative estimate of drug-likeness (QED) is 0.163. The Morgan fingerprint density at radius 1 is 0.783 bits per heavy atom. The van der Waals surface area contributed by atoms with Crippen LogP contribution in [0.3, 0.4) is 0 Å². The second-order valence-corrected chi connectivity index (χ2v) is 5.10. The van der Waals surface area contributed by atoms with Crippen molar-refractivity contribution in [3.63, 3.8) is 0 Å². The predicted octanol–water partition coefficient (Wildman–Crippen LogP) is 5.65. The van der Waals surface area contributed by atoms with Crippen LogP contribution >= 0.6 is 23.3 Å². The maximum Gasteiger partial charge on any atom is 0.0425 e. The van der Waals surface area contributed by atoms with Crippen molar-refractivity contribution >= 4 is 45.1 Å². The molecule has 4 aromatic rings. The molecule has 0 amide bonds. The van der Waals surface area contributed by atoms with Crippen molar-refractivity contribution < 1.29 is 0 Å². The molecule has 0 saturated carbocycles. The third-order valence-corrected chi connectivity index (χ3v) is 3.79. The van der Waals surface area contributed by atoms with Crippen LogP contribution in [0.2, 0.25) is 0 Å². The van der Waals surface area contributed by atoms with Crippen LogP contribution in [0.1, 0.15) is 5.56 Å². The number of fused-ring (bicyclic) bond motifs is 3. The maximum atomic E-state index is 3.30. The standard InChI is InChI=1S/C19H14N.No.H2S2/c1-14-10-12-15(13-11-14)20-18-8-4-2-6-16(18)17-7-3-5-9-19(17)20;;1-2/h2-10,12-13H,1H3;;1-2H/q-1;;.